The van der Waals surface area contributed by atoms with Crippen molar-refractivity contribution in [1.82, 2.24) is 9.97 Å². The maximum Gasteiger partial charge on any atom is 0.255 e. The number of aromatic nitrogens is 2. The third kappa shape index (κ3) is 5.19. The van der Waals surface area contributed by atoms with Crippen molar-refractivity contribution in [1.29, 1.82) is 0 Å². The van der Waals surface area contributed by atoms with E-state index < -0.39 is 0 Å². The highest BCUT2D eigenvalue weighted by Gasteiger charge is 2.11. The number of ether oxygens (including phenoxy) is 2. The minimum atomic E-state index is -0.205. The normalized spacial score (nSPS) is 10.4. The predicted molar refractivity (Wildman–Crippen MR) is 129 cm³/mol. The topological polar surface area (TPSA) is 111 Å². The molecule has 3 aromatic carbocycles. The first-order valence-corrected chi connectivity index (χ1v) is 10.1. The van der Waals surface area contributed by atoms with Gasteiger partial charge in [0.2, 0.25) is 0 Å². The van der Waals surface area contributed by atoms with Crippen LogP contribution in [0.25, 0.3) is 11.3 Å². The molecule has 1 heterocycles. The zero-order chi connectivity index (χ0) is 23.2. The lowest BCUT2D eigenvalue weighted by molar-refractivity contribution is 0.102. The van der Waals surface area contributed by atoms with E-state index in [2.05, 4.69) is 20.6 Å². The molecule has 0 saturated heterocycles. The number of nitrogens with zero attached hydrogens (tertiary/aromatic N) is 2. The fourth-order valence-electron chi connectivity index (χ4n) is 3.21. The average Bonchev–Trinajstić information content (AvgIpc) is 2.85. The summed E-state index contributed by atoms with van der Waals surface area (Å²) in [5.41, 5.74) is 9.78. The Labute approximate surface area is 191 Å². The molecule has 0 spiro atoms. The Morgan fingerprint density at radius 3 is 2.27 bits per heavy atom. The molecular weight excluding hydrogens is 418 g/mol. The number of carbonyl (C=O) groups excluding carboxylic acids is 1. The van der Waals surface area contributed by atoms with Gasteiger partial charge in [0, 0.05) is 34.3 Å². The SMILES string of the molecule is COc1ccc(OC)c(-c2cc(Nc3ccc(NC(=O)c4ccc(N)cc4)cc3)ncn2)c1. The molecule has 4 aromatic rings. The van der Waals surface area contributed by atoms with Crippen LogP contribution in [0.3, 0.4) is 0 Å². The van der Waals surface area contributed by atoms with Crippen LogP contribution >= 0.6 is 0 Å². The number of nitrogen functional groups attached to an aromatic ring is 1. The van der Waals surface area contributed by atoms with Crippen molar-refractivity contribution in [3.8, 4) is 22.8 Å². The van der Waals surface area contributed by atoms with Crippen molar-refractivity contribution in [3.05, 3.63) is 84.7 Å². The Morgan fingerprint density at radius 2 is 1.58 bits per heavy atom. The summed E-state index contributed by atoms with van der Waals surface area (Å²) < 4.78 is 10.8. The lowest BCUT2D eigenvalue weighted by Gasteiger charge is -2.12. The second-order valence-corrected chi connectivity index (χ2v) is 7.13. The van der Waals surface area contributed by atoms with Crippen molar-refractivity contribution in [3.63, 3.8) is 0 Å². The van der Waals surface area contributed by atoms with Crippen molar-refractivity contribution in [2.24, 2.45) is 0 Å². The van der Waals surface area contributed by atoms with E-state index in [9.17, 15) is 4.79 Å². The van der Waals surface area contributed by atoms with E-state index >= 15 is 0 Å². The summed E-state index contributed by atoms with van der Waals surface area (Å²) in [6, 6.07) is 21.4. The first kappa shape index (κ1) is 21.6. The number of nitrogens with one attached hydrogen (secondary N) is 2. The number of rotatable bonds is 7. The van der Waals surface area contributed by atoms with E-state index in [-0.39, 0.29) is 5.91 Å². The highest BCUT2D eigenvalue weighted by molar-refractivity contribution is 6.04. The molecule has 4 rings (SSSR count). The van der Waals surface area contributed by atoms with Crippen LogP contribution in [0.2, 0.25) is 0 Å². The number of methoxy groups -OCH3 is 2. The van der Waals surface area contributed by atoms with Crippen LogP contribution in [0.5, 0.6) is 11.5 Å². The fourth-order valence-corrected chi connectivity index (χ4v) is 3.21. The smallest absolute Gasteiger partial charge is 0.255 e. The summed E-state index contributed by atoms with van der Waals surface area (Å²) in [6.07, 6.45) is 1.48. The van der Waals surface area contributed by atoms with E-state index in [0.717, 1.165) is 11.3 Å². The zero-order valence-electron chi connectivity index (χ0n) is 18.2. The monoisotopic (exact) mass is 441 g/mol. The summed E-state index contributed by atoms with van der Waals surface area (Å²) in [5, 5.41) is 6.11. The lowest BCUT2D eigenvalue weighted by atomic mass is 10.1. The number of anilines is 4. The Kier molecular flexibility index (Phi) is 6.36. The second kappa shape index (κ2) is 9.69. The van der Waals surface area contributed by atoms with E-state index in [1.54, 1.807) is 38.5 Å². The van der Waals surface area contributed by atoms with Crippen LogP contribution in [0.15, 0.2) is 79.1 Å². The number of amides is 1. The molecule has 166 valence electrons. The van der Waals surface area contributed by atoms with Gasteiger partial charge in [0.05, 0.1) is 19.9 Å². The average molecular weight is 441 g/mol. The molecule has 0 atom stereocenters. The molecule has 33 heavy (non-hydrogen) atoms. The first-order chi connectivity index (χ1) is 16.1. The highest BCUT2D eigenvalue weighted by Crippen LogP contribution is 2.33. The van der Waals surface area contributed by atoms with Gasteiger partial charge < -0.3 is 25.8 Å². The Morgan fingerprint density at radius 1 is 0.848 bits per heavy atom. The highest BCUT2D eigenvalue weighted by atomic mass is 16.5. The molecule has 8 nitrogen and oxygen atoms in total. The molecule has 1 aromatic heterocycles. The van der Waals surface area contributed by atoms with Gasteiger partial charge in [-0.3, -0.25) is 4.79 Å². The molecule has 8 heteroatoms. The van der Waals surface area contributed by atoms with Crippen LogP contribution in [0.1, 0.15) is 10.4 Å². The zero-order valence-corrected chi connectivity index (χ0v) is 18.2. The number of nitrogens with two attached hydrogens (primary N) is 1. The van der Waals surface area contributed by atoms with Gasteiger partial charge in [0.15, 0.2) is 0 Å². The summed E-state index contributed by atoms with van der Waals surface area (Å²) in [5.74, 6) is 1.80. The van der Waals surface area contributed by atoms with E-state index in [0.29, 0.717) is 39.9 Å². The molecule has 0 aliphatic carbocycles. The van der Waals surface area contributed by atoms with Gasteiger partial charge in [0.1, 0.15) is 23.6 Å². The van der Waals surface area contributed by atoms with Crippen LogP contribution < -0.4 is 25.8 Å². The van der Waals surface area contributed by atoms with Gasteiger partial charge >= 0.3 is 0 Å². The lowest BCUT2D eigenvalue weighted by Crippen LogP contribution is -2.11. The standard InChI is InChI=1S/C25H23N5O3/c1-32-20-11-12-23(33-2)21(13-20)22-14-24(28-15-27-22)29-18-7-9-19(10-8-18)30-25(31)16-3-5-17(26)6-4-16/h3-15H,26H2,1-2H3,(H,30,31)(H,27,28,29). The van der Waals surface area contributed by atoms with Crippen molar-refractivity contribution in [2.45, 2.75) is 0 Å². The van der Waals surface area contributed by atoms with Crippen LogP contribution in [-0.2, 0) is 0 Å². The van der Waals surface area contributed by atoms with Crippen molar-refractivity contribution in [2.75, 3.05) is 30.6 Å². The third-order valence-corrected chi connectivity index (χ3v) is 4.94. The van der Waals surface area contributed by atoms with Gasteiger partial charge in [-0.2, -0.15) is 0 Å². The number of hydrogen-bond donors (Lipinski definition) is 3. The van der Waals surface area contributed by atoms with Gasteiger partial charge in [-0.1, -0.05) is 0 Å². The summed E-state index contributed by atoms with van der Waals surface area (Å²) in [4.78, 5) is 21.0. The second-order valence-electron chi connectivity index (χ2n) is 7.13. The largest absolute Gasteiger partial charge is 0.497 e. The molecule has 0 unspecified atom stereocenters. The van der Waals surface area contributed by atoms with Crippen molar-refractivity contribution < 1.29 is 14.3 Å². The fraction of sp³-hybridized carbons (Fsp3) is 0.0800. The molecule has 0 saturated carbocycles. The summed E-state index contributed by atoms with van der Waals surface area (Å²) in [6.45, 7) is 0. The molecule has 0 fully saturated rings. The minimum Gasteiger partial charge on any atom is -0.497 e. The maximum absolute atomic E-state index is 12.4. The maximum atomic E-state index is 12.4. The molecule has 0 aliphatic heterocycles. The van der Waals surface area contributed by atoms with Gasteiger partial charge in [-0.25, -0.2) is 9.97 Å². The van der Waals surface area contributed by atoms with Gasteiger partial charge in [0.25, 0.3) is 5.91 Å². The molecule has 0 aliphatic rings. The first-order valence-electron chi connectivity index (χ1n) is 10.1. The van der Waals surface area contributed by atoms with Crippen LogP contribution in [0.4, 0.5) is 22.9 Å². The van der Waals surface area contributed by atoms with E-state index in [1.807, 2.05) is 48.5 Å². The number of carbonyl (C=O) groups is 1. The van der Waals surface area contributed by atoms with Crippen molar-refractivity contribution >= 4 is 28.8 Å². The van der Waals surface area contributed by atoms with Crippen LogP contribution in [0, 0.1) is 0 Å². The summed E-state index contributed by atoms with van der Waals surface area (Å²) in [7, 11) is 3.22. The van der Waals surface area contributed by atoms with Crippen LogP contribution in [-0.4, -0.2) is 30.1 Å². The number of hydrogen-bond acceptors (Lipinski definition) is 7. The Balaban J connectivity index is 1.48. The molecule has 0 bridgehead atoms. The van der Waals surface area contributed by atoms with Gasteiger partial charge in [-0.15, -0.1) is 0 Å². The molecule has 4 N–H and O–H groups in total. The molecule has 0 radical (unpaired) electrons. The summed E-state index contributed by atoms with van der Waals surface area (Å²) >= 11 is 0. The Hall–Kier alpha value is -4.59. The predicted octanol–water partition coefficient (Wildman–Crippen LogP) is 4.74. The minimum absolute atomic E-state index is 0.205. The third-order valence-electron chi connectivity index (χ3n) is 4.94. The molecular formula is C25H23N5O3. The Bertz CT molecular complexity index is 1260. The molecule has 1 amide bonds. The quantitative estimate of drug-likeness (QED) is 0.355. The van der Waals surface area contributed by atoms with Gasteiger partial charge in [-0.05, 0) is 66.7 Å². The van der Waals surface area contributed by atoms with E-state index in [4.69, 9.17) is 15.2 Å². The number of benzene rings is 3. The van der Waals surface area contributed by atoms with E-state index in [1.165, 1.54) is 6.33 Å².